The van der Waals surface area contributed by atoms with Gasteiger partial charge >= 0.3 is 5.97 Å². The number of hydrogen-bond acceptors (Lipinski definition) is 1. The van der Waals surface area contributed by atoms with E-state index in [1.165, 1.54) is 44.6 Å². The summed E-state index contributed by atoms with van der Waals surface area (Å²) < 4.78 is 0. The molecule has 0 aromatic carbocycles. The van der Waals surface area contributed by atoms with Gasteiger partial charge in [0.25, 0.3) is 0 Å². The predicted molar refractivity (Wildman–Crippen MR) is 197 cm³/mol. The van der Waals surface area contributed by atoms with Crippen LogP contribution in [0.15, 0.2) is 93.2 Å². The summed E-state index contributed by atoms with van der Waals surface area (Å²) in [5.41, 5.74) is 11.2. The van der Waals surface area contributed by atoms with Crippen LogP contribution in [0.5, 0.6) is 0 Å². The molecule has 0 fully saturated rings. The molecule has 2 heteroatoms. The zero-order valence-corrected chi connectivity index (χ0v) is 30.5. The number of hydrogen-bond donors (Lipinski definition) is 1. The number of aliphatic carboxylic acids is 1. The molecule has 0 heterocycles. The maximum absolute atomic E-state index is 11.9. The third-order valence-corrected chi connectivity index (χ3v) is 8.16. The molecule has 0 aromatic heterocycles. The largest absolute Gasteiger partial charge is 0.481 e. The summed E-state index contributed by atoms with van der Waals surface area (Å²) >= 11 is 0. The van der Waals surface area contributed by atoms with E-state index in [2.05, 4.69) is 118 Å². The van der Waals surface area contributed by atoms with Crippen molar-refractivity contribution in [2.45, 2.75) is 159 Å². The monoisotopic (exact) mass is 605 g/mol. The lowest BCUT2D eigenvalue weighted by atomic mass is 9.96. The molecular weight excluding hydrogens is 536 g/mol. The van der Waals surface area contributed by atoms with Crippen molar-refractivity contribution in [2.75, 3.05) is 0 Å². The highest BCUT2D eigenvalue weighted by atomic mass is 16.4. The molecule has 0 unspecified atom stereocenters. The SMILES string of the molecule is CC(C)=CCC/C(C)=C/CCC(C)=CCC/C(C)=C/CC(C/C=C(\C)CCC=C(C)CC/C=C(\C)CCC=C(C)C)C(=O)O. The summed E-state index contributed by atoms with van der Waals surface area (Å²) in [6.07, 6.45) is 32.6. The topological polar surface area (TPSA) is 37.3 Å². The van der Waals surface area contributed by atoms with Crippen LogP contribution in [-0.2, 0) is 4.79 Å². The van der Waals surface area contributed by atoms with Gasteiger partial charge in [-0.25, -0.2) is 0 Å². The fourth-order valence-electron chi connectivity index (χ4n) is 4.96. The van der Waals surface area contributed by atoms with Crippen LogP contribution >= 0.6 is 0 Å². The van der Waals surface area contributed by atoms with Crippen LogP contribution in [0.3, 0.4) is 0 Å². The number of carboxylic acids is 1. The van der Waals surface area contributed by atoms with E-state index in [1.54, 1.807) is 0 Å². The second-order valence-corrected chi connectivity index (χ2v) is 13.6. The summed E-state index contributed by atoms with van der Waals surface area (Å²) in [6, 6.07) is 0. The summed E-state index contributed by atoms with van der Waals surface area (Å²) in [4.78, 5) is 11.9. The first-order valence-electron chi connectivity index (χ1n) is 17.2. The molecule has 0 aromatic rings. The maximum Gasteiger partial charge on any atom is 0.307 e. The van der Waals surface area contributed by atoms with Gasteiger partial charge in [0.1, 0.15) is 0 Å². The predicted octanol–water partition coefficient (Wildman–Crippen LogP) is 13.8. The molecule has 0 rings (SSSR count). The zero-order valence-electron chi connectivity index (χ0n) is 30.5. The van der Waals surface area contributed by atoms with Crippen molar-refractivity contribution in [3.8, 4) is 0 Å². The Hall–Kier alpha value is -2.61. The van der Waals surface area contributed by atoms with E-state index in [0.717, 1.165) is 77.0 Å². The third kappa shape index (κ3) is 25.8. The van der Waals surface area contributed by atoms with Crippen molar-refractivity contribution in [2.24, 2.45) is 5.92 Å². The van der Waals surface area contributed by atoms with Gasteiger partial charge in [-0.1, -0.05) is 93.2 Å². The van der Waals surface area contributed by atoms with Crippen LogP contribution in [0.4, 0.5) is 0 Å². The molecule has 0 aliphatic carbocycles. The van der Waals surface area contributed by atoms with E-state index in [0.29, 0.717) is 12.8 Å². The van der Waals surface area contributed by atoms with Crippen molar-refractivity contribution in [1.29, 1.82) is 0 Å². The first-order chi connectivity index (χ1) is 20.8. The fraction of sp³-hybridized carbons (Fsp3) is 0.595. The first kappa shape index (κ1) is 41.4. The highest BCUT2D eigenvalue weighted by molar-refractivity contribution is 5.70. The second-order valence-electron chi connectivity index (χ2n) is 13.6. The molecule has 0 spiro atoms. The maximum atomic E-state index is 11.9. The van der Waals surface area contributed by atoms with Crippen LogP contribution in [0.1, 0.15) is 159 Å². The lowest BCUT2D eigenvalue weighted by Gasteiger charge is -2.09. The minimum absolute atomic E-state index is 0.354. The Bertz CT molecular complexity index is 993. The summed E-state index contributed by atoms with van der Waals surface area (Å²) in [5.74, 6) is -1.05. The standard InChI is InChI=1S/C42H68O2/c1-33(2)17-11-19-35(5)21-13-23-37(7)25-15-27-39(9)29-31-41(42(43)44)32-30-40(10)28-16-26-38(8)24-14-22-36(6)20-12-18-34(3)4/h17-18,21-22,25-26,29-30,41H,11-16,19-20,23-24,27-28,31-32H2,1-10H3,(H,43,44)/b35-21+,36-22+,37-25?,38-26?,39-29+,40-30+. The molecule has 248 valence electrons. The van der Waals surface area contributed by atoms with Crippen LogP contribution in [0.2, 0.25) is 0 Å². The first-order valence-corrected chi connectivity index (χ1v) is 17.2. The normalized spacial score (nSPS) is 14.5. The van der Waals surface area contributed by atoms with Crippen molar-refractivity contribution in [3.63, 3.8) is 0 Å². The molecule has 0 amide bonds. The number of allylic oxidation sites excluding steroid dienone is 16. The zero-order chi connectivity index (χ0) is 33.3. The van der Waals surface area contributed by atoms with Crippen molar-refractivity contribution in [1.82, 2.24) is 0 Å². The molecule has 2 nitrogen and oxygen atoms in total. The van der Waals surface area contributed by atoms with Crippen molar-refractivity contribution < 1.29 is 9.90 Å². The smallest absolute Gasteiger partial charge is 0.307 e. The van der Waals surface area contributed by atoms with Gasteiger partial charge in [-0.3, -0.25) is 4.79 Å². The highest BCUT2D eigenvalue weighted by Gasteiger charge is 2.14. The quantitative estimate of drug-likeness (QED) is 0.118. The Labute approximate surface area is 273 Å². The van der Waals surface area contributed by atoms with E-state index < -0.39 is 5.97 Å². The molecular formula is C42H68O2. The van der Waals surface area contributed by atoms with E-state index in [4.69, 9.17) is 0 Å². The van der Waals surface area contributed by atoms with Crippen LogP contribution in [-0.4, -0.2) is 11.1 Å². The summed E-state index contributed by atoms with van der Waals surface area (Å²) in [5, 5.41) is 9.79. The van der Waals surface area contributed by atoms with E-state index in [1.807, 2.05) is 0 Å². The van der Waals surface area contributed by atoms with E-state index in [9.17, 15) is 9.90 Å². The molecule has 0 aliphatic heterocycles. The molecule has 0 saturated carbocycles. The number of carboxylic acid groups (broad SMARTS) is 1. The molecule has 0 bridgehead atoms. The fourth-order valence-corrected chi connectivity index (χ4v) is 4.96. The third-order valence-electron chi connectivity index (χ3n) is 8.16. The highest BCUT2D eigenvalue weighted by Crippen LogP contribution is 2.19. The van der Waals surface area contributed by atoms with Gasteiger partial charge in [0.05, 0.1) is 5.92 Å². The summed E-state index contributed by atoms with van der Waals surface area (Å²) in [7, 11) is 0. The van der Waals surface area contributed by atoms with Gasteiger partial charge in [-0.05, 0) is 159 Å². The molecule has 44 heavy (non-hydrogen) atoms. The Morgan fingerprint density at radius 2 is 0.636 bits per heavy atom. The number of carbonyl (C=O) groups is 1. The van der Waals surface area contributed by atoms with Gasteiger partial charge in [-0.2, -0.15) is 0 Å². The van der Waals surface area contributed by atoms with Crippen molar-refractivity contribution in [3.05, 3.63) is 93.2 Å². The lowest BCUT2D eigenvalue weighted by Crippen LogP contribution is -2.12. The Balaban J connectivity index is 4.52. The molecule has 0 atom stereocenters. The van der Waals surface area contributed by atoms with E-state index >= 15 is 0 Å². The molecule has 0 saturated heterocycles. The van der Waals surface area contributed by atoms with Crippen LogP contribution < -0.4 is 0 Å². The van der Waals surface area contributed by atoms with Gasteiger partial charge in [0.2, 0.25) is 0 Å². The van der Waals surface area contributed by atoms with Gasteiger partial charge in [0.15, 0.2) is 0 Å². The summed E-state index contributed by atoms with van der Waals surface area (Å²) in [6.45, 7) is 21.8. The minimum Gasteiger partial charge on any atom is -0.481 e. The molecule has 0 radical (unpaired) electrons. The van der Waals surface area contributed by atoms with E-state index in [-0.39, 0.29) is 5.92 Å². The average molecular weight is 605 g/mol. The Morgan fingerprint density at radius 3 is 0.864 bits per heavy atom. The lowest BCUT2D eigenvalue weighted by molar-refractivity contribution is -0.141. The Kier molecular flexibility index (Phi) is 24.2. The second kappa shape index (κ2) is 25.7. The van der Waals surface area contributed by atoms with Crippen LogP contribution in [0.25, 0.3) is 0 Å². The minimum atomic E-state index is -0.696. The van der Waals surface area contributed by atoms with Crippen LogP contribution in [0, 0.1) is 5.92 Å². The number of rotatable bonds is 23. The van der Waals surface area contributed by atoms with Gasteiger partial charge in [-0.15, -0.1) is 0 Å². The Morgan fingerprint density at radius 1 is 0.409 bits per heavy atom. The molecule has 1 N–H and O–H groups in total. The average Bonchev–Trinajstić information content (AvgIpc) is 2.92. The van der Waals surface area contributed by atoms with Gasteiger partial charge in [0, 0.05) is 0 Å². The molecule has 0 aliphatic rings. The van der Waals surface area contributed by atoms with Crippen molar-refractivity contribution >= 4 is 5.97 Å². The van der Waals surface area contributed by atoms with Gasteiger partial charge < -0.3 is 5.11 Å².